The summed E-state index contributed by atoms with van der Waals surface area (Å²) in [6.07, 6.45) is 5.89. The molecule has 0 amide bonds. The molecule has 1 aliphatic carbocycles. The summed E-state index contributed by atoms with van der Waals surface area (Å²) in [6, 6.07) is 5.05. The van der Waals surface area contributed by atoms with Crippen LogP contribution in [0.15, 0.2) is 22.7 Å². The van der Waals surface area contributed by atoms with Gasteiger partial charge in [-0.3, -0.25) is 0 Å². The molecule has 4 heteroatoms. The molecule has 3 N–H and O–H groups in total. The van der Waals surface area contributed by atoms with Crippen LogP contribution in [0.3, 0.4) is 0 Å². The van der Waals surface area contributed by atoms with Crippen LogP contribution in [-0.4, -0.2) is 12.1 Å². The van der Waals surface area contributed by atoms with Crippen molar-refractivity contribution in [1.82, 2.24) is 0 Å². The normalized spacial score (nSPS) is 27.3. The summed E-state index contributed by atoms with van der Waals surface area (Å²) < 4.78 is 13.7. The van der Waals surface area contributed by atoms with E-state index < -0.39 is 0 Å². The lowest BCUT2D eigenvalue weighted by Gasteiger charge is -2.40. The van der Waals surface area contributed by atoms with E-state index in [-0.39, 0.29) is 11.4 Å². The van der Waals surface area contributed by atoms with Crippen molar-refractivity contribution in [2.75, 3.05) is 11.9 Å². The molecular formula is C15H22BrFN2. The topological polar surface area (TPSA) is 38.0 Å². The Bertz CT molecular complexity index is 428. The number of rotatable bonds is 4. The lowest BCUT2D eigenvalue weighted by Crippen LogP contribution is -2.48. The first-order chi connectivity index (χ1) is 9.08. The molecule has 0 atom stereocenters. The van der Waals surface area contributed by atoms with Gasteiger partial charge in [-0.1, -0.05) is 13.3 Å². The zero-order valence-electron chi connectivity index (χ0n) is 11.4. The van der Waals surface area contributed by atoms with Crippen LogP contribution in [0.5, 0.6) is 0 Å². The van der Waals surface area contributed by atoms with Gasteiger partial charge in [-0.05, 0) is 65.7 Å². The molecule has 1 saturated carbocycles. The number of nitrogens with two attached hydrogens (primary N) is 1. The maximum Gasteiger partial charge on any atom is 0.137 e. The fourth-order valence-electron chi connectivity index (χ4n) is 2.90. The molecule has 1 aromatic carbocycles. The molecule has 0 aliphatic heterocycles. The minimum Gasteiger partial charge on any atom is -0.378 e. The Balaban J connectivity index is 2.08. The van der Waals surface area contributed by atoms with Crippen LogP contribution < -0.4 is 11.1 Å². The SMILES string of the molecule is CCC1CCC(CN)(Nc2ccc(F)c(Br)c2)CC1. The van der Waals surface area contributed by atoms with Gasteiger partial charge >= 0.3 is 0 Å². The van der Waals surface area contributed by atoms with E-state index in [1.165, 1.54) is 25.3 Å². The Labute approximate surface area is 123 Å². The zero-order chi connectivity index (χ0) is 13.9. The monoisotopic (exact) mass is 328 g/mol. The van der Waals surface area contributed by atoms with E-state index in [0.29, 0.717) is 11.0 Å². The van der Waals surface area contributed by atoms with Crippen molar-refractivity contribution < 1.29 is 4.39 Å². The molecule has 0 aromatic heterocycles. The largest absolute Gasteiger partial charge is 0.378 e. The molecular weight excluding hydrogens is 307 g/mol. The summed E-state index contributed by atoms with van der Waals surface area (Å²) in [5.41, 5.74) is 6.91. The van der Waals surface area contributed by atoms with Crippen molar-refractivity contribution in [1.29, 1.82) is 0 Å². The molecule has 0 spiro atoms. The Hall–Kier alpha value is -0.610. The predicted molar refractivity (Wildman–Crippen MR) is 81.8 cm³/mol. The zero-order valence-corrected chi connectivity index (χ0v) is 13.0. The van der Waals surface area contributed by atoms with Crippen LogP contribution in [-0.2, 0) is 0 Å². The molecule has 0 unspecified atom stereocenters. The minimum absolute atomic E-state index is 0.0249. The number of benzene rings is 1. The molecule has 0 saturated heterocycles. The van der Waals surface area contributed by atoms with Crippen molar-refractivity contribution in [3.63, 3.8) is 0 Å². The van der Waals surface area contributed by atoms with Gasteiger partial charge in [-0.15, -0.1) is 0 Å². The number of anilines is 1. The highest BCUT2D eigenvalue weighted by molar-refractivity contribution is 9.10. The molecule has 2 nitrogen and oxygen atoms in total. The number of hydrogen-bond acceptors (Lipinski definition) is 2. The van der Waals surface area contributed by atoms with Crippen molar-refractivity contribution in [3.8, 4) is 0 Å². The summed E-state index contributed by atoms with van der Waals surface area (Å²) in [4.78, 5) is 0. The van der Waals surface area contributed by atoms with Crippen molar-refractivity contribution in [2.45, 2.75) is 44.6 Å². The molecule has 106 valence electrons. The van der Waals surface area contributed by atoms with Crippen molar-refractivity contribution in [3.05, 3.63) is 28.5 Å². The standard InChI is InChI=1S/C15H22BrFN2/c1-2-11-5-7-15(10-18,8-6-11)19-12-3-4-14(17)13(16)9-12/h3-4,9,11,19H,2,5-8,10,18H2,1H3. The Morgan fingerprint density at radius 2 is 2.11 bits per heavy atom. The van der Waals surface area contributed by atoms with Gasteiger partial charge in [0.1, 0.15) is 5.82 Å². The summed E-state index contributed by atoms with van der Waals surface area (Å²) in [5, 5.41) is 3.54. The average Bonchev–Trinajstić information content (AvgIpc) is 2.44. The first-order valence-corrected chi connectivity index (χ1v) is 7.81. The van der Waals surface area contributed by atoms with E-state index >= 15 is 0 Å². The second-order valence-corrected chi connectivity index (χ2v) is 6.44. The van der Waals surface area contributed by atoms with Gasteiger partial charge in [0.25, 0.3) is 0 Å². The Morgan fingerprint density at radius 1 is 1.42 bits per heavy atom. The van der Waals surface area contributed by atoms with Crippen LogP contribution in [0.25, 0.3) is 0 Å². The first kappa shape index (κ1) is 14.8. The third-order valence-corrected chi connectivity index (χ3v) is 4.97. The lowest BCUT2D eigenvalue weighted by molar-refractivity contribution is 0.253. The van der Waals surface area contributed by atoms with Gasteiger partial charge in [0.2, 0.25) is 0 Å². The van der Waals surface area contributed by atoms with Crippen LogP contribution in [0.1, 0.15) is 39.0 Å². The van der Waals surface area contributed by atoms with E-state index in [0.717, 1.165) is 24.4 Å². The minimum atomic E-state index is -0.234. The highest BCUT2D eigenvalue weighted by Crippen LogP contribution is 2.36. The molecule has 19 heavy (non-hydrogen) atoms. The van der Waals surface area contributed by atoms with E-state index in [2.05, 4.69) is 28.2 Å². The van der Waals surface area contributed by atoms with Crippen molar-refractivity contribution >= 4 is 21.6 Å². The van der Waals surface area contributed by atoms with E-state index in [9.17, 15) is 4.39 Å². The molecule has 2 rings (SSSR count). The van der Waals surface area contributed by atoms with Gasteiger partial charge in [-0.25, -0.2) is 4.39 Å². The summed E-state index contributed by atoms with van der Waals surface area (Å²) in [7, 11) is 0. The summed E-state index contributed by atoms with van der Waals surface area (Å²) >= 11 is 3.22. The fraction of sp³-hybridized carbons (Fsp3) is 0.600. The van der Waals surface area contributed by atoms with Gasteiger partial charge in [0, 0.05) is 17.8 Å². The van der Waals surface area contributed by atoms with Crippen molar-refractivity contribution in [2.24, 2.45) is 11.7 Å². The maximum atomic E-state index is 13.3. The van der Waals surface area contributed by atoms with Crippen LogP contribution in [0.2, 0.25) is 0 Å². The second-order valence-electron chi connectivity index (χ2n) is 5.59. The maximum absolute atomic E-state index is 13.3. The third kappa shape index (κ3) is 3.48. The quantitative estimate of drug-likeness (QED) is 0.864. The molecule has 1 aliphatic rings. The van der Waals surface area contributed by atoms with Crippen LogP contribution in [0.4, 0.5) is 10.1 Å². The van der Waals surface area contributed by atoms with E-state index in [1.54, 1.807) is 12.1 Å². The molecule has 1 aromatic rings. The first-order valence-electron chi connectivity index (χ1n) is 7.02. The van der Waals surface area contributed by atoms with Gasteiger partial charge < -0.3 is 11.1 Å². The van der Waals surface area contributed by atoms with Crippen LogP contribution >= 0.6 is 15.9 Å². The van der Waals surface area contributed by atoms with Gasteiger partial charge in [0.15, 0.2) is 0 Å². The highest BCUT2D eigenvalue weighted by Gasteiger charge is 2.33. The third-order valence-electron chi connectivity index (χ3n) is 4.36. The Morgan fingerprint density at radius 3 is 2.63 bits per heavy atom. The van der Waals surface area contributed by atoms with E-state index in [4.69, 9.17) is 5.73 Å². The summed E-state index contributed by atoms with van der Waals surface area (Å²) in [6.45, 7) is 2.88. The predicted octanol–water partition coefficient (Wildman–Crippen LogP) is 4.30. The molecule has 1 fully saturated rings. The summed E-state index contributed by atoms with van der Waals surface area (Å²) in [5.74, 6) is 0.600. The Kier molecular flexibility index (Phi) is 4.85. The average molecular weight is 329 g/mol. The second kappa shape index (κ2) is 6.23. The molecule has 0 radical (unpaired) electrons. The van der Waals surface area contributed by atoms with E-state index in [1.807, 2.05) is 0 Å². The number of halogens is 2. The lowest BCUT2D eigenvalue weighted by atomic mass is 9.75. The smallest absolute Gasteiger partial charge is 0.137 e. The molecule has 0 bridgehead atoms. The van der Waals surface area contributed by atoms with Crippen LogP contribution in [0, 0.1) is 11.7 Å². The highest BCUT2D eigenvalue weighted by atomic mass is 79.9. The fourth-order valence-corrected chi connectivity index (χ4v) is 3.28. The number of nitrogens with one attached hydrogen (secondary N) is 1. The van der Waals surface area contributed by atoms with Gasteiger partial charge in [-0.2, -0.15) is 0 Å². The van der Waals surface area contributed by atoms with Gasteiger partial charge in [0.05, 0.1) is 4.47 Å². The number of hydrogen-bond donors (Lipinski definition) is 2. The molecule has 0 heterocycles.